The standard InChI is InChI=1S/C16H24N2O2/c1-15(2,3)16(4)17(5)14(19)13(18(16)20)11-12-9-7-6-8-10-12/h6-10,13,20H,11H2,1-5H3/t13-,16+/m0/s1. The van der Waals surface area contributed by atoms with Crippen molar-refractivity contribution in [3.63, 3.8) is 0 Å². The van der Waals surface area contributed by atoms with Gasteiger partial charge in [-0.1, -0.05) is 51.1 Å². The zero-order chi connectivity index (χ0) is 15.1. The Morgan fingerprint density at radius 1 is 1.25 bits per heavy atom. The van der Waals surface area contributed by atoms with Crippen molar-refractivity contribution in [1.82, 2.24) is 9.96 Å². The first-order chi connectivity index (χ1) is 9.19. The first-order valence-corrected chi connectivity index (χ1v) is 6.99. The predicted octanol–water partition coefficient (Wildman–Crippen LogP) is 2.52. The summed E-state index contributed by atoms with van der Waals surface area (Å²) in [5.74, 6) is -0.0335. The van der Waals surface area contributed by atoms with E-state index < -0.39 is 11.7 Å². The van der Waals surface area contributed by atoms with Gasteiger partial charge in [-0.3, -0.25) is 4.79 Å². The summed E-state index contributed by atoms with van der Waals surface area (Å²) in [5, 5.41) is 11.9. The van der Waals surface area contributed by atoms with Gasteiger partial charge in [0.1, 0.15) is 11.7 Å². The van der Waals surface area contributed by atoms with Crippen LogP contribution in [-0.4, -0.2) is 39.8 Å². The van der Waals surface area contributed by atoms with E-state index in [0.717, 1.165) is 5.56 Å². The Labute approximate surface area is 121 Å². The van der Waals surface area contributed by atoms with E-state index in [0.29, 0.717) is 6.42 Å². The van der Waals surface area contributed by atoms with Crippen LogP contribution >= 0.6 is 0 Å². The van der Waals surface area contributed by atoms with E-state index in [4.69, 9.17) is 0 Å². The van der Waals surface area contributed by atoms with Crippen molar-refractivity contribution in [1.29, 1.82) is 0 Å². The lowest BCUT2D eigenvalue weighted by Gasteiger charge is -2.46. The minimum absolute atomic E-state index is 0.0335. The molecule has 110 valence electrons. The van der Waals surface area contributed by atoms with E-state index in [1.165, 1.54) is 5.06 Å². The molecule has 0 spiro atoms. The Bertz CT molecular complexity index is 495. The molecular weight excluding hydrogens is 252 g/mol. The number of rotatable bonds is 2. The summed E-state index contributed by atoms with van der Waals surface area (Å²) in [6, 6.07) is 9.28. The Morgan fingerprint density at radius 3 is 2.25 bits per heavy atom. The fourth-order valence-electron chi connectivity index (χ4n) is 2.86. The molecule has 2 rings (SSSR count). The highest BCUT2D eigenvalue weighted by atomic mass is 16.5. The molecule has 2 atom stereocenters. The van der Waals surface area contributed by atoms with Crippen molar-refractivity contribution in [3.05, 3.63) is 35.9 Å². The number of amides is 1. The van der Waals surface area contributed by atoms with Gasteiger partial charge >= 0.3 is 0 Å². The Kier molecular flexibility index (Phi) is 3.65. The molecule has 1 fully saturated rings. The van der Waals surface area contributed by atoms with Gasteiger partial charge in [-0.2, -0.15) is 5.06 Å². The van der Waals surface area contributed by atoms with Crippen LogP contribution in [0.2, 0.25) is 0 Å². The van der Waals surface area contributed by atoms with E-state index in [1.54, 1.807) is 11.9 Å². The number of carbonyl (C=O) groups is 1. The number of hydroxylamine groups is 2. The molecule has 4 nitrogen and oxygen atoms in total. The Hall–Kier alpha value is -1.39. The van der Waals surface area contributed by atoms with Crippen molar-refractivity contribution in [2.24, 2.45) is 5.41 Å². The molecule has 0 aromatic heterocycles. The molecular formula is C16H24N2O2. The number of hydrogen-bond donors (Lipinski definition) is 1. The van der Waals surface area contributed by atoms with Gasteiger partial charge in [0.25, 0.3) is 0 Å². The third-order valence-corrected chi connectivity index (χ3v) is 4.70. The minimum Gasteiger partial charge on any atom is -0.324 e. The largest absolute Gasteiger partial charge is 0.324 e. The quantitative estimate of drug-likeness (QED) is 0.902. The Balaban J connectivity index is 2.31. The molecule has 0 bridgehead atoms. The molecule has 4 heteroatoms. The molecule has 1 N–H and O–H groups in total. The number of carbonyl (C=O) groups excluding carboxylic acids is 1. The van der Waals surface area contributed by atoms with Crippen LogP contribution in [0.1, 0.15) is 33.3 Å². The van der Waals surface area contributed by atoms with E-state index in [2.05, 4.69) is 0 Å². The van der Waals surface area contributed by atoms with Crippen LogP contribution in [-0.2, 0) is 11.2 Å². The summed E-state index contributed by atoms with van der Waals surface area (Å²) in [4.78, 5) is 14.2. The number of hydrogen-bond acceptors (Lipinski definition) is 3. The lowest BCUT2D eigenvalue weighted by molar-refractivity contribution is -0.228. The minimum atomic E-state index is -0.705. The molecule has 1 aromatic rings. The topological polar surface area (TPSA) is 43.8 Å². The lowest BCUT2D eigenvalue weighted by atomic mass is 9.81. The van der Waals surface area contributed by atoms with Gasteiger partial charge in [-0.05, 0) is 18.9 Å². The molecule has 0 aliphatic carbocycles. The highest BCUT2D eigenvalue weighted by Gasteiger charge is 2.57. The normalized spacial score (nSPS) is 28.2. The van der Waals surface area contributed by atoms with Crippen molar-refractivity contribution in [2.45, 2.75) is 45.8 Å². The maximum Gasteiger partial charge on any atom is 0.244 e. The zero-order valence-electron chi connectivity index (χ0n) is 12.9. The van der Waals surface area contributed by atoms with Crippen LogP contribution in [0.5, 0.6) is 0 Å². The first kappa shape index (κ1) is 15.0. The molecule has 1 saturated heterocycles. The molecule has 20 heavy (non-hydrogen) atoms. The van der Waals surface area contributed by atoms with E-state index in [-0.39, 0.29) is 11.3 Å². The summed E-state index contributed by atoms with van der Waals surface area (Å²) in [6.45, 7) is 8.01. The van der Waals surface area contributed by atoms with E-state index in [1.807, 2.05) is 58.0 Å². The van der Waals surface area contributed by atoms with Crippen molar-refractivity contribution >= 4 is 5.91 Å². The summed E-state index contributed by atoms with van der Waals surface area (Å²) >= 11 is 0. The van der Waals surface area contributed by atoms with Crippen LogP contribution in [0.15, 0.2) is 30.3 Å². The zero-order valence-corrected chi connectivity index (χ0v) is 12.9. The summed E-state index contributed by atoms with van der Waals surface area (Å²) < 4.78 is 0. The molecule has 0 radical (unpaired) electrons. The SMILES string of the molecule is CN1C(=O)[C@H](Cc2ccccc2)N(O)[C@]1(C)C(C)(C)C. The third-order valence-electron chi connectivity index (χ3n) is 4.70. The molecule has 1 heterocycles. The fraction of sp³-hybridized carbons (Fsp3) is 0.562. The van der Waals surface area contributed by atoms with Crippen LogP contribution in [0.3, 0.4) is 0 Å². The van der Waals surface area contributed by atoms with Crippen LogP contribution < -0.4 is 0 Å². The molecule has 1 aliphatic heterocycles. The van der Waals surface area contributed by atoms with Crippen molar-refractivity contribution in [2.75, 3.05) is 7.05 Å². The van der Waals surface area contributed by atoms with Crippen molar-refractivity contribution in [3.8, 4) is 0 Å². The maximum atomic E-state index is 12.5. The van der Waals surface area contributed by atoms with E-state index in [9.17, 15) is 10.0 Å². The summed E-state index contributed by atoms with van der Waals surface area (Å²) in [7, 11) is 1.77. The molecule has 0 saturated carbocycles. The monoisotopic (exact) mass is 276 g/mol. The maximum absolute atomic E-state index is 12.5. The van der Waals surface area contributed by atoms with Gasteiger partial charge in [-0.15, -0.1) is 0 Å². The molecule has 1 amide bonds. The second kappa shape index (κ2) is 4.86. The van der Waals surface area contributed by atoms with E-state index >= 15 is 0 Å². The molecule has 1 aromatic carbocycles. The molecule has 1 aliphatic rings. The van der Waals surface area contributed by atoms with Gasteiger partial charge in [0.05, 0.1) is 0 Å². The van der Waals surface area contributed by atoms with Crippen LogP contribution in [0, 0.1) is 5.41 Å². The number of nitrogens with zero attached hydrogens (tertiary/aromatic N) is 2. The highest BCUT2D eigenvalue weighted by Crippen LogP contribution is 2.43. The second-order valence-electron chi connectivity index (χ2n) is 6.72. The second-order valence-corrected chi connectivity index (χ2v) is 6.72. The smallest absolute Gasteiger partial charge is 0.244 e. The predicted molar refractivity (Wildman–Crippen MR) is 78.2 cm³/mol. The van der Waals surface area contributed by atoms with Gasteiger partial charge in [-0.25, -0.2) is 0 Å². The van der Waals surface area contributed by atoms with Crippen molar-refractivity contribution < 1.29 is 10.0 Å². The fourth-order valence-corrected chi connectivity index (χ4v) is 2.86. The number of likely N-dealkylation sites (N-methyl/N-ethyl adjacent to an activating group) is 1. The average molecular weight is 276 g/mol. The van der Waals surface area contributed by atoms with Crippen LogP contribution in [0.4, 0.5) is 0 Å². The molecule has 0 unspecified atom stereocenters. The average Bonchev–Trinajstić information content (AvgIpc) is 2.55. The first-order valence-electron chi connectivity index (χ1n) is 6.99. The lowest BCUT2D eigenvalue weighted by Crippen LogP contribution is -2.58. The van der Waals surface area contributed by atoms with Gasteiger partial charge in [0.15, 0.2) is 0 Å². The summed E-state index contributed by atoms with van der Waals surface area (Å²) in [5.41, 5.74) is 0.0951. The van der Waals surface area contributed by atoms with Gasteiger partial charge < -0.3 is 10.1 Å². The van der Waals surface area contributed by atoms with Gasteiger partial charge in [0.2, 0.25) is 5.91 Å². The van der Waals surface area contributed by atoms with Crippen LogP contribution in [0.25, 0.3) is 0 Å². The number of benzene rings is 1. The third kappa shape index (κ3) is 2.13. The summed E-state index contributed by atoms with van der Waals surface area (Å²) in [6.07, 6.45) is 0.520. The Morgan fingerprint density at radius 2 is 1.80 bits per heavy atom. The van der Waals surface area contributed by atoms with Gasteiger partial charge in [0, 0.05) is 12.5 Å². The highest BCUT2D eigenvalue weighted by molar-refractivity contribution is 5.85.